The number of hydrogen-bond donors (Lipinski definition) is 2. The Morgan fingerprint density at radius 3 is 2.78 bits per heavy atom. The molecule has 2 N–H and O–H groups in total. The van der Waals surface area contributed by atoms with Crippen LogP contribution in [0.1, 0.15) is 30.9 Å². The first-order chi connectivity index (χ1) is 11.2. The summed E-state index contributed by atoms with van der Waals surface area (Å²) in [4.78, 5) is 4.19. The predicted molar refractivity (Wildman–Crippen MR) is 97.5 cm³/mol. The summed E-state index contributed by atoms with van der Waals surface area (Å²) in [5.41, 5.74) is 2.10. The van der Waals surface area contributed by atoms with Crippen molar-refractivity contribution < 1.29 is 9.13 Å². The van der Waals surface area contributed by atoms with E-state index in [0.717, 1.165) is 42.3 Å². The number of nitrogens with one attached hydrogen (secondary N) is 2. The zero-order valence-electron chi connectivity index (χ0n) is 14.3. The average molecular weight is 341 g/mol. The van der Waals surface area contributed by atoms with Crippen LogP contribution < -0.4 is 10.6 Å². The Morgan fingerprint density at radius 1 is 1.26 bits per heavy atom. The summed E-state index contributed by atoms with van der Waals surface area (Å²) in [6, 6.07) is 4.93. The van der Waals surface area contributed by atoms with E-state index < -0.39 is 0 Å². The maximum absolute atomic E-state index is 13.3. The van der Waals surface area contributed by atoms with Gasteiger partial charge < -0.3 is 15.4 Å². The van der Waals surface area contributed by atoms with Crippen LogP contribution in [0, 0.1) is 5.82 Å². The van der Waals surface area contributed by atoms with Crippen molar-refractivity contribution in [3.05, 3.63) is 35.1 Å². The van der Waals surface area contributed by atoms with Gasteiger partial charge in [-0.15, -0.1) is 0 Å². The predicted octanol–water partition coefficient (Wildman–Crippen LogP) is 3.17. The van der Waals surface area contributed by atoms with E-state index >= 15 is 0 Å². The highest BCUT2D eigenvalue weighted by atomic mass is 32.2. The third kappa shape index (κ3) is 8.23. The molecule has 0 fully saturated rings. The average Bonchev–Trinajstić information content (AvgIpc) is 2.55. The van der Waals surface area contributed by atoms with Gasteiger partial charge in [-0.05, 0) is 35.9 Å². The van der Waals surface area contributed by atoms with Gasteiger partial charge in [0, 0.05) is 32.5 Å². The molecule has 1 aromatic rings. The van der Waals surface area contributed by atoms with E-state index in [1.54, 1.807) is 24.9 Å². The number of hydrogen-bond acceptors (Lipinski definition) is 3. The molecule has 0 aliphatic rings. The molecule has 23 heavy (non-hydrogen) atoms. The van der Waals surface area contributed by atoms with Gasteiger partial charge in [-0.25, -0.2) is 4.39 Å². The van der Waals surface area contributed by atoms with Crippen molar-refractivity contribution in [1.82, 2.24) is 10.6 Å². The van der Waals surface area contributed by atoms with Gasteiger partial charge in [0.1, 0.15) is 5.82 Å². The van der Waals surface area contributed by atoms with Crippen LogP contribution in [0.15, 0.2) is 23.2 Å². The van der Waals surface area contributed by atoms with Crippen LogP contribution in [-0.2, 0) is 17.0 Å². The molecule has 0 aliphatic heterocycles. The van der Waals surface area contributed by atoms with Crippen LogP contribution in [0.2, 0.25) is 0 Å². The third-order valence-corrected chi connectivity index (χ3v) is 3.92. The van der Waals surface area contributed by atoms with Crippen molar-refractivity contribution >= 4 is 17.7 Å². The van der Waals surface area contributed by atoms with Crippen molar-refractivity contribution in [1.29, 1.82) is 0 Å². The largest absolute Gasteiger partial charge is 0.380 e. The fourth-order valence-electron chi connectivity index (χ4n) is 2.05. The van der Waals surface area contributed by atoms with Gasteiger partial charge in [-0.3, -0.25) is 4.99 Å². The number of unbranched alkanes of at least 4 members (excludes halogenated alkanes) is 1. The van der Waals surface area contributed by atoms with Crippen molar-refractivity contribution in [3.8, 4) is 0 Å². The lowest BCUT2D eigenvalue weighted by molar-refractivity contribution is 0.136. The fourth-order valence-corrected chi connectivity index (χ4v) is 2.63. The number of ether oxygens (including phenoxy) is 1. The van der Waals surface area contributed by atoms with Gasteiger partial charge in [0.25, 0.3) is 0 Å². The minimum Gasteiger partial charge on any atom is -0.380 e. The second-order valence-corrected chi connectivity index (χ2v) is 6.03. The Kier molecular flexibility index (Phi) is 10.5. The fraction of sp³-hybridized carbons (Fsp3) is 0.588. The lowest BCUT2D eigenvalue weighted by Gasteiger charge is -2.14. The number of rotatable bonds is 10. The Bertz CT molecular complexity index is 483. The van der Waals surface area contributed by atoms with Crippen LogP contribution in [-0.4, -0.2) is 39.0 Å². The number of halogens is 1. The molecule has 0 aliphatic carbocycles. The van der Waals surface area contributed by atoms with E-state index in [1.807, 2.05) is 12.3 Å². The van der Waals surface area contributed by atoms with Crippen LogP contribution >= 0.6 is 11.8 Å². The SMILES string of the molecule is CCCCOCCNC(=NC)NCc1ccc(F)cc1CSC. The standard InChI is InChI=1S/C17H28FN3OS/c1-4-5-9-22-10-8-20-17(19-2)21-12-14-6-7-16(18)11-15(14)13-23-3/h6-7,11H,4-5,8-10,12-13H2,1-3H3,(H2,19,20,21). The highest BCUT2D eigenvalue weighted by Gasteiger charge is 2.05. The van der Waals surface area contributed by atoms with Gasteiger partial charge in [0.05, 0.1) is 6.61 Å². The molecule has 1 aromatic carbocycles. The summed E-state index contributed by atoms with van der Waals surface area (Å²) in [7, 11) is 1.74. The van der Waals surface area contributed by atoms with Crippen LogP contribution in [0.25, 0.3) is 0 Å². The van der Waals surface area contributed by atoms with Gasteiger partial charge >= 0.3 is 0 Å². The second-order valence-electron chi connectivity index (χ2n) is 5.16. The van der Waals surface area contributed by atoms with E-state index in [-0.39, 0.29) is 5.82 Å². The summed E-state index contributed by atoms with van der Waals surface area (Å²) >= 11 is 1.68. The smallest absolute Gasteiger partial charge is 0.191 e. The molecular weight excluding hydrogens is 313 g/mol. The number of guanidine groups is 1. The van der Waals surface area contributed by atoms with Gasteiger partial charge in [-0.2, -0.15) is 11.8 Å². The van der Waals surface area contributed by atoms with E-state index in [2.05, 4.69) is 22.5 Å². The van der Waals surface area contributed by atoms with Crippen molar-refractivity contribution in [2.24, 2.45) is 4.99 Å². The summed E-state index contributed by atoms with van der Waals surface area (Å²) in [6.45, 7) is 4.94. The molecule has 1 rings (SSSR count). The summed E-state index contributed by atoms with van der Waals surface area (Å²) < 4.78 is 18.9. The Labute approximate surface area is 143 Å². The zero-order valence-corrected chi connectivity index (χ0v) is 15.1. The maximum atomic E-state index is 13.3. The highest BCUT2D eigenvalue weighted by molar-refractivity contribution is 7.97. The maximum Gasteiger partial charge on any atom is 0.191 e. The van der Waals surface area contributed by atoms with Crippen molar-refractivity contribution in [2.75, 3.05) is 33.1 Å². The van der Waals surface area contributed by atoms with Gasteiger partial charge in [0.2, 0.25) is 0 Å². The van der Waals surface area contributed by atoms with E-state index in [4.69, 9.17) is 4.74 Å². The monoisotopic (exact) mass is 341 g/mol. The number of aliphatic imine (C=N–C) groups is 1. The van der Waals surface area contributed by atoms with Gasteiger partial charge in [0.15, 0.2) is 5.96 Å². The van der Waals surface area contributed by atoms with Crippen molar-refractivity contribution in [3.63, 3.8) is 0 Å². The molecule has 4 nitrogen and oxygen atoms in total. The summed E-state index contributed by atoms with van der Waals surface area (Å²) in [5, 5.41) is 6.47. The normalized spacial score (nSPS) is 11.6. The molecule has 0 atom stereocenters. The number of thioether (sulfide) groups is 1. The first kappa shape index (κ1) is 19.8. The molecule has 130 valence electrons. The minimum absolute atomic E-state index is 0.190. The molecule has 0 unspecified atom stereocenters. The zero-order chi connectivity index (χ0) is 16.9. The van der Waals surface area contributed by atoms with Crippen molar-refractivity contribution in [2.45, 2.75) is 32.1 Å². The topological polar surface area (TPSA) is 45.6 Å². The molecule has 0 saturated carbocycles. The lowest BCUT2D eigenvalue weighted by atomic mass is 10.1. The molecular formula is C17H28FN3OS. The van der Waals surface area contributed by atoms with E-state index in [9.17, 15) is 4.39 Å². The first-order valence-corrected chi connectivity index (χ1v) is 9.39. The quantitative estimate of drug-likeness (QED) is 0.390. The lowest BCUT2D eigenvalue weighted by Crippen LogP contribution is -2.38. The molecule has 0 saturated heterocycles. The molecule has 0 spiro atoms. The number of nitrogens with zero attached hydrogens (tertiary/aromatic N) is 1. The molecule has 0 heterocycles. The summed E-state index contributed by atoms with van der Waals surface area (Å²) in [5.74, 6) is 1.33. The van der Waals surface area contributed by atoms with Crippen LogP contribution in [0.3, 0.4) is 0 Å². The molecule has 0 amide bonds. The molecule has 6 heteroatoms. The van der Waals surface area contributed by atoms with Crippen LogP contribution in [0.4, 0.5) is 4.39 Å². The number of benzene rings is 1. The van der Waals surface area contributed by atoms with E-state index in [0.29, 0.717) is 19.7 Å². The molecule has 0 radical (unpaired) electrons. The summed E-state index contributed by atoms with van der Waals surface area (Å²) in [6.07, 6.45) is 4.25. The molecule has 0 aromatic heterocycles. The van der Waals surface area contributed by atoms with Crippen LogP contribution in [0.5, 0.6) is 0 Å². The molecule has 0 bridgehead atoms. The third-order valence-electron chi connectivity index (χ3n) is 3.32. The van der Waals surface area contributed by atoms with E-state index in [1.165, 1.54) is 6.07 Å². The Hall–Kier alpha value is -1.27. The highest BCUT2D eigenvalue weighted by Crippen LogP contribution is 2.16. The Balaban J connectivity index is 2.39. The minimum atomic E-state index is -0.190. The Morgan fingerprint density at radius 2 is 2.09 bits per heavy atom. The second kappa shape index (κ2) is 12.2. The van der Waals surface area contributed by atoms with Gasteiger partial charge in [-0.1, -0.05) is 19.4 Å². The first-order valence-electron chi connectivity index (χ1n) is 7.99.